The summed E-state index contributed by atoms with van der Waals surface area (Å²) in [7, 11) is 2.11. The minimum absolute atomic E-state index is 0.0115. The molecule has 5 heteroatoms. The molecule has 1 fully saturated rings. The summed E-state index contributed by atoms with van der Waals surface area (Å²) in [5.74, 6) is 1.36. The largest absolute Gasteiger partial charge is 0.374 e. The van der Waals surface area contributed by atoms with E-state index in [0.29, 0.717) is 12.3 Å². The second kappa shape index (κ2) is 5.16. The summed E-state index contributed by atoms with van der Waals surface area (Å²) in [6.45, 7) is 1.06. The lowest BCUT2D eigenvalue weighted by molar-refractivity contribution is -0.115. The molecule has 4 rings (SSSR count). The van der Waals surface area contributed by atoms with Crippen molar-refractivity contribution in [2.75, 3.05) is 23.8 Å². The summed E-state index contributed by atoms with van der Waals surface area (Å²) >= 11 is 0. The zero-order chi connectivity index (χ0) is 15.1. The van der Waals surface area contributed by atoms with Crippen LogP contribution in [0.15, 0.2) is 24.4 Å². The van der Waals surface area contributed by atoms with Crippen molar-refractivity contribution in [3.8, 4) is 0 Å². The predicted molar refractivity (Wildman–Crippen MR) is 86.3 cm³/mol. The molecule has 2 aromatic rings. The van der Waals surface area contributed by atoms with Gasteiger partial charge in [-0.2, -0.15) is 5.10 Å². The van der Waals surface area contributed by atoms with E-state index >= 15 is 0 Å². The minimum atomic E-state index is 0.0115. The molecule has 0 unspecified atom stereocenters. The number of hydrogen-bond donors (Lipinski definition) is 2. The van der Waals surface area contributed by atoms with Crippen LogP contribution in [0.2, 0.25) is 0 Å². The second-order valence-corrected chi connectivity index (χ2v) is 6.33. The molecule has 1 aliphatic carbocycles. The summed E-state index contributed by atoms with van der Waals surface area (Å²) in [6.07, 6.45) is 5.69. The Morgan fingerprint density at radius 3 is 3.14 bits per heavy atom. The Balaban J connectivity index is 1.45. The van der Waals surface area contributed by atoms with Crippen LogP contribution in [-0.4, -0.2) is 29.7 Å². The van der Waals surface area contributed by atoms with Gasteiger partial charge < -0.3 is 10.2 Å². The number of fused-ring (bicyclic) bond motifs is 1. The number of nitrogens with one attached hydrogen (secondary N) is 2. The van der Waals surface area contributed by atoms with Gasteiger partial charge in [0.1, 0.15) is 5.82 Å². The number of H-pyrrole nitrogens is 1. The van der Waals surface area contributed by atoms with Gasteiger partial charge in [0, 0.05) is 24.8 Å². The summed E-state index contributed by atoms with van der Waals surface area (Å²) < 4.78 is 0. The lowest BCUT2D eigenvalue weighted by Crippen LogP contribution is -2.16. The maximum atomic E-state index is 12.3. The highest BCUT2D eigenvalue weighted by Gasteiger charge is 2.28. The third-order valence-corrected chi connectivity index (χ3v) is 4.59. The molecule has 0 saturated heterocycles. The van der Waals surface area contributed by atoms with Gasteiger partial charge in [-0.1, -0.05) is 12.1 Å². The van der Waals surface area contributed by atoms with E-state index < -0.39 is 0 Å². The van der Waals surface area contributed by atoms with Crippen LogP contribution in [0.5, 0.6) is 0 Å². The summed E-state index contributed by atoms with van der Waals surface area (Å²) in [4.78, 5) is 14.5. The predicted octanol–water partition coefficient (Wildman–Crippen LogP) is 2.46. The van der Waals surface area contributed by atoms with E-state index in [1.54, 1.807) is 0 Å². The van der Waals surface area contributed by atoms with Crippen molar-refractivity contribution in [2.24, 2.45) is 0 Å². The van der Waals surface area contributed by atoms with E-state index in [2.05, 4.69) is 45.7 Å². The number of rotatable bonds is 4. The van der Waals surface area contributed by atoms with Crippen LogP contribution in [0.1, 0.15) is 35.4 Å². The van der Waals surface area contributed by atoms with Crippen molar-refractivity contribution in [1.29, 1.82) is 0 Å². The van der Waals surface area contributed by atoms with Gasteiger partial charge in [0.15, 0.2) is 0 Å². The molecule has 2 aliphatic rings. The minimum Gasteiger partial charge on any atom is -0.374 e. The van der Waals surface area contributed by atoms with E-state index in [1.807, 2.05) is 6.20 Å². The first-order valence-corrected chi connectivity index (χ1v) is 7.87. The lowest BCUT2D eigenvalue weighted by atomic mass is 10.1. The molecular weight excluding hydrogens is 276 g/mol. The maximum absolute atomic E-state index is 12.3. The Morgan fingerprint density at radius 2 is 2.32 bits per heavy atom. The molecule has 5 nitrogen and oxygen atoms in total. The van der Waals surface area contributed by atoms with Crippen LogP contribution in [0.3, 0.4) is 0 Å². The molecule has 1 aromatic carbocycles. The SMILES string of the molecule is CN1CCc2cc(CC(=O)Nc3[nH]ncc3C3CC3)ccc21. The van der Waals surface area contributed by atoms with Crippen LogP contribution >= 0.6 is 0 Å². The molecule has 1 saturated carbocycles. The van der Waals surface area contributed by atoms with Crippen molar-refractivity contribution in [1.82, 2.24) is 10.2 Å². The second-order valence-electron chi connectivity index (χ2n) is 6.33. The Hall–Kier alpha value is -2.30. The van der Waals surface area contributed by atoms with E-state index in [9.17, 15) is 4.79 Å². The van der Waals surface area contributed by atoms with E-state index in [0.717, 1.165) is 29.9 Å². The third kappa shape index (κ3) is 2.47. The van der Waals surface area contributed by atoms with E-state index in [4.69, 9.17) is 0 Å². The lowest BCUT2D eigenvalue weighted by Gasteiger charge is -2.12. The number of likely N-dealkylation sites (N-methyl/N-ethyl adjacent to an activating group) is 1. The van der Waals surface area contributed by atoms with Crippen LogP contribution in [0.4, 0.5) is 11.5 Å². The fourth-order valence-corrected chi connectivity index (χ4v) is 3.20. The molecule has 1 aromatic heterocycles. The molecule has 22 heavy (non-hydrogen) atoms. The number of benzene rings is 1. The van der Waals surface area contributed by atoms with Gasteiger partial charge in [0.05, 0.1) is 12.6 Å². The van der Waals surface area contributed by atoms with Crippen molar-refractivity contribution in [3.63, 3.8) is 0 Å². The number of aromatic amines is 1. The number of carbonyl (C=O) groups excluding carboxylic acids is 1. The van der Waals surface area contributed by atoms with Gasteiger partial charge >= 0.3 is 0 Å². The van der Waals surface area contributed by atoms with Gasteiger partial charge in [0.25, 0.3) is 0 Å². The highest BCUT2D eigenvalue weighted by molar-refractivity contribution is 5.92. The monoisotopic (exact) mass is 296 g/mol. The molecule has 1 amide bonds. The number of anilines is 2. The molecular formula is C17H20N4O. The van der Waals surface area contributed by atoms with Gasteiger partial charge in [-0.15, -0.1) is 0 Å². The molecule has 0 atom stereocenters. The highest BCUT2D eigenvalue weighted by atomic mass is 16.1. The number of nitrogens with zero attached hydrogens (tertiary/aromatic N) is 2. The Labute approximate surface area is 129 Å². The number of hydrogen-bond acceptors (Lipinski definition) is 3. The fraction of sp³-hybridized carbons (Fsp3) is 0.412. The first-order valence-electron chi connectivity index (χ1n) is 7.87. The summed E-state index contributed by atoms with van der Waals surface area (Å²) in [5, 5.41) is 9.93. The standard InChI is InChI=1S/C17H20N4O/c1-21-7-6-13-8-11(2-5-15(13)21)9-16(22)19-17-14(10-18-20-17)12-3-4-12/h2,5,8,10,12H,3-4,6-7,9H2,1H3,(H2,18,19,20,22). The van der Waals surface area contributed by atoms with Crippen molar-refractivity contribution in [3.05, 3.63) is 41.1 Å². The zero-order valence-electron chi connectivity index (χ0n) is 12.7. The first kappa shape index (κ1) is 13.4. The molecule has 2 heterocycles. The van der Waals surface area contributed by atoms with E-state index in [-0.39, 0.29) is 5.91 Å². The summed E-state index contributed by atoms with van der Waals surface area (Å²) in [6, 6.07) is 6.33. The van der Waals surface area contributed by atoms with Gasteiger partial charge in [0.2, 0.25) is 5.91 Å². The molecule has 0 radical (unpaired) electrons. The number of carbonyl (C=O) groups is 1. The Bertz CT molecular complexity index is 717. The first-order chi connectivity index (χ1) is 10.7. The number of amides is 1. The van der Waals surface area contributed by atoms with Crippen molar-refractivity contribution in [2.45, 2.75) is 31.6 Å². The summed E-state index contributed by atoms with van der Waals surface area (Å²) in [5.41, 5.74) is 4.84. The van der Waals surface area contributed by atoms with Gasteiger partial charge in [-0.25, -0.2) is 0 Å². The number of aromatic nitrogens is 2. The molecule has 0 spiro atoms. The van der Waals surface area contributed by atoms with E-state index in [1.165, 1.54) is 24.1 Å². The van der Waals surface area contributed by atoms with Crippen LogP contribution in [-0.2, 0) is 17.6 Å². The van der Waals surface area contributed by atoms with Gasteiger partial charge in [-0.3, -0.25) is 9.89 Å². The normalized spacial score (nSPS) is 16.7. The highest BCUT2D eigenvalue weighted by Crippen LogP contribution is 2.42. The van der Waals surface area contributed by atoms with Crippen LogP contribution in [0, 0.1) is 0 Å². The zero-order valence-corrected chi connectivity index (χ0v) is 12.7. The smallest absolute Gasteiger partial charge is 0.229 e. The molecule has 1 aliphatic heterocycles. The van der Waals surface area contributed by atoms with Crippen LogP contribution < -0.4 is 10.2 Å². The average Bonchev–Trinajstić information content (AvgIpc) is 3.14. The maximum Gasteiger partial charge on any atom is 0.229 e. The Kier molecular flexibility index (Phi) is 3.13. The van der Waals surface area contributed by atoms with Crippen molar-refractivity contribution < 1.29 is 4.79 Å². The quantitative estimate of drug-likeness (QED) is 0.911. The van der Waals surface area contributed by atoms with Gasteiger partial charge in [-0.05, 0) is 42.4 Å². The molecule has 0 bridgehead atoms. The van der Waals surface area contributed by atoms with Crippen LogP contribution in [0.25, 0.3) is 0 Å². The third-order valence-electron chi connectivity index (χ3n) is 4.59. The molecule has 114 valence electrons. The molecule has 2 N–H and O–H groups in total. The topological polar surface area (TPSA) is 61.0 Å². The van der Waals surface area contributed by atoms with Crippen molar-refractivity contribution >= 4 is 17.4 Å². The average molecular weight is 296 g/mol. The fourth-order valence-electron chi connectivity index (χ4n) is 3.20. The Morgan fingerprint density at radius 1 is 1.45 bits per heavy atom.